The van der Waals surface area contributed by atoms with Gasteiger partial charge in [-0.15, -0.1) is 0 Å². The van der Waals surface area contributed by atoms with Gasteiger partial charge in [-0.1, -0.05) is 27.7 Å². The fourth-order valence-corrected chi connectivity index (χ4v) is 6.64. The minimum absolute atomic E-state index is 0.0362. The zero-order valence-electron chi connectivity index (χ0n) is 18.8. The number of methoxy groups -OCH3 is 1. The van der Waals surface area contributed by atoms with Crippen LogP contribution in [0.4, 0.5) is 5.69 Å². The Kier molecular flexibility index (Phi) is 6.63. The van der Waals surface area contributed by atoms with Crippen LogP contribution in [0.3, 0.4) is 0 Å². The molecule has 0 atom stereocenters. The molecule has 0 aliphatic carbocycles. The number of carbonyl (C=O) groups excluding carboxylic acids is 1. The fourth-order valence-electron chi connectivity index (χ4n) is 4.87. The minimum Gasteiger partial charge on any atom is -0.384 e. The molecule has 0 saturated carbocycles. The Balaban J connectivity index is 2.23. The molecular weight excluding hydrogens is 402 g/mol. The van der Waals surface area contributed by atoms with Crippen molar-refractivity contribution in [2.45, 2.75) is 50.8 Å². The fraction of sp³-hybridized carbons (Fsp3) is 0.682. The molecule has 0 amide bonds. The maximum Gasteiger partial charge on any atom is 0.243 e. The van der Waals surface area contributed by atoms with E-state index < -0.39 is 15.4 Å². The lowest BCUT2D eigenvalue weighted by atomic mass is 9.73. The highest BCUT2D eigenvalue weighted by molar-refractivity contribution is 7.89. The lowest BCUT2D eigenvalue weighted by molar-refractivity contribution is 0.0632. The second-order valence-corrected chi connectivity index (χ2v) is 10.9. The lowest BCUT2D eigenvalue weighted by Gasteiger charge is -2.35. The Morgan fingerprint density at radius 3 is 2.40 bits per heavy atom. The van der Waals surface area contributed by atoms with Gasteiger partial charge in [0.25, 0.3) is 0 Å². The molecule has 0 unspecified atom stereocenters. The van der Waals surface area contributed by atoms with Crippen LogP contribution in [0.25, 0.3) is 0 Å². The van der Waals surface area contributed by atoms with Crippen LogP contribution in [-0.2, 0) is 20.2 Å². The van der Waals surface area contributed by atoms with Gasteiger partial charge in [0.1, 0.15) is 0 Å². The van der Waals surface area contributed by atoms with E-state index in [1.54, 1.807) is 19.2 Å². The molecule has 1 fully saturated rings. The molecule has 7 nitrogen and oxygen atoms in total. The summed E-state index contributed by atoms with van der Waals surface area (Å²) >= 11 is 0. The van der Waals surface area contributed by atoms with Gasteiger partial charge in [0.15, 0.2) is 5.78 Å². The second-order valence-electron chi connectivity index (χ2n) is 8.98. The standard InChI is InChI=1S/C22H35N3O4S/c1-6-25(7-2)30(27,28)17-9-8-16(20(26)21(3,4)15-29-5)19-18(17)22(14-24-19)10-12-23-13-11-22/h8-9,23-24H,6-7,10-15H2,1-5H3. The van der Waals surface area contributed by atoms with E-state index in [1.807, 2.05) is 27.7 Å². The van der Waals surface area contributed by atoms with Crippen LogP contribution in [0.15, 0.2) is 17.0 Å². The van der Waals surface area contributed by atoms with Crippen molar-refractivity contribution >= 4 is 21.5 Å². The molecule has 1 saturated heterocycles. The molecule has 3 rings (SSSR count). The van der Waals surface area contributed by atoms with E-state index in [0.717, 1.165) is 31.5 Å². The molecule has 0 aromatic heterocycles. The summed E-state index contributed by atoms with van der Waals surface area (Å²) in [6.07, 6.45) is 1.68. The van der Waals surface area contributed by atoms with Crippen molar-refractivity contribution in [3.63, 3.8) is 0 Å². The third-order valence-electron chi connectivity index (χ3n) is 6.55. The van der Waals surface area contributed by atoms with Gasteiger partial charge in [-0.2, -0.15) is 4.31 Å². The van der Waals surface area contributed by atoms with Gasteiger partial charge >= 0.3 is 0 Å². The molecule has 1 aromatic rings. The van der Waals surface area contributed by atoms with Gasteiger partial charge in [-0.25, -0.2) is 8.42 Å². The first kappa shape index (κ1) is 23.2. The number of sulfonamides is 1. The Morgan fingerprint density at radius 2 is 1.83 bits per heavy atom. The summed E-state index contributed by atoms with van der Waals surface area (Å²) in [6, 6.07) is 3.33. The number of anilines is 1. The molecular formula is C22H35N3O4S. The first-order chi connectivity index (χ1) is 14.1. The average molecular weight is 438 g/mol. The maximum absolute atomic E-state index is 13.5. The molecule has 168 valence electrons. The van der Waals surface area contributed by atoms with Crippen LogP contribution in [0.2, 0.25) is 0 Å². The predicted molar refractivity (Wildman–Crippen MR) is 119 cm³/mol. The van der Waals surface area contributed by atoms with Crippen LogP contribution in [0.1, 0.15) is 56.5 Å². The Hall–Kier alpha value is -1.48. The van der Waals surface area contributed by atoms with Crippen molar-refractivity contribution in [3.05, 3.63) is 23.3 Å². The summed E-state index contributed by atoms with van der Waals surface area (Å²) < 4.78 is 33.8. The molecule has 0 bridgehead atoms. The number of nitrogens with zero attached hydrogens (tertiary/aromatic N) is 1. The zero-order chi connectivity index (χ0) is 22.2. The highest BCUT2D eigenvalue weighted by Gasteiger charge is 2.46. The Morgan fingerprint density at radius 1 is 1.20 bits per heavy atom. The number of benzene rings is 1. The number of fused-ring (bicyclic) bond motifs is 2. The second kappa shape index (κ2) is 8.57. The van der Waals surface area contributed by atoms with Crippen molar-refractivity contribution in [2.24, 2.45) is 5.41 Å². The summed E-state index contributed by atoms with van der Waals surface area (Å²) in [5, 5.41) is 6.82. The van der Waals surface area contributed by atoms with Crippen molar-refractivity contribution in [3.8, 4) is 0 Å². The van der Waals surface area contributed by atoms with E-state index in [9.17, 15) is 13.2 Å². The van der Waals surface area contributed by atoms with E-state index in [0.29, 0.717) is 42.4 Å². The van der Waals surface area contributed by atoms with Gasteiger partial charge in [-0.3, -0.25) is 4.79 Å². The summed E-state index contributed by atoms with van der Waals surface area (Å²) in [4.78, 5) is 13.7. The maximum atomic E-state index is 13.5. The van der Waals surface area contributed by atoms with E-state index >= 15 is 0 Å². The van der Waals surface area contributed by atoms with Gasteiger partial charge in [0.05, 0.1) is 22.6 Å². The zero-order valence-corrected chi connectivity index (χ0v) is 19.6. The van der Waals surface area contributed by atoms with Gasteiger partial charge < -0.3 is 15.4 Å². The summed E-state index contributed by atoms with van der Waals surface area (Å²) in [5.41, 5.74) is 1.07. The van der Waals surface area contributed by atoms with E-state index in [1.165, 1.54) is 4.31 Å². The number of rotatable bonds is 8. The molecule has 2 N–H and O–H groups in total. The van der Waals surface area contributed by atoms with Crippen molar-refractivity contribution in [2.75, 3.05) is 51.8 Å². The number of hydrogen-bond donors (Lipinski definition) is 2. The van der Waals surface area contributed by atoms with Crippen molar-refractivity contribution in [1.29, 1.82) is 0 Å². The van der Waals surface area contributed by atoms with Gasteiger partial charge in [0.2, 0.25) is 10.0 Å². The highest BCUT2D eigenvalue weighted by Crippen LogP contribution is 2.48. The van der Waals surface area contributed by atoms with Crippen LogP contribution < -0.4 is 10.6 Å². The number of Topliss-reactive ketones (excluding diaryl/α,β-unsaturated/α-hetero) is 1. The molecule has 0 radical (unpaired) electrons. The number of piperidine rings is 1. The summed E-state index contributed by atoms with van der Waals surface area (Å²) in [5.74, 6) is -0.0362. The number of ether oxygens (including phenoxy) is 1. The molecule has 8 heteroatoms. The summed E-state index contributed by atoms with van der Waals surface area (Å²) in [7, 11) is -2.07. The number of nitrogens with one attached hydrogen (secondary N) is 2. The monoisotopic (exact) mass is 437 g/mol. The number of hydrogen-bond acceptors (Lipinski definition) is 6. The molecule has 2 aliphatic rings. The smallest absolute Gasteiger partial charge is 0.243 e. The van der Waals surface area contributed by atoms with Crippen LogP contribution in [0.5, 0.6) is 0 Å². The van der Waals surface area contributed by atoms with Crippen LogP contribution in [-0.4, -0.2) is 64.9 Å². The average Bonchev–Trinajstić information content (AvgIpc) is 3.06. The predicted octanol–water partition coefficient (Wildman–Crippen LogP) is 2.62. The molecule has 2 aliphatic heterocycles. The lowest BCUT2D eigenvalue weighted by Crippen LogP contribution is -2.42. The van der Waals surface area contributed by atoms with E-state index in [-0.39, 0.29) is 11.2 Å². The van der Waals surface area contributed by atoms with Gasteiger partial charge in [-0.05, 0) is 38.1 Å². The van der Waals surface area contributed by atoms with Crippen molar-refractivity contribution < 1.29 is 17.9 Å². The van der Waals surface area contributed by atoms with Crippen LogP contribution >= 0.6 is 0 Å². The number of ketones is 1. The molecule has 1 spiro atoms. The quantitative estimate of drug-likeness (QED) is 0.608. The van der Waals surface area contributed by atoms with Gasteiger partial charge in [0, 0.05) is 43.3 Å². The Bertz CT molecular complexity index is 901. The third-order valence-corrected chi connectivity index (χ3v) is 8.64. The normalized spacial score (nSPS) is 18.5. The topological polar surface area (TPSA) is 87.7 Å². The highest BCUT2D eigenvalue weighted by atomic mass is 32.2. The molecule has 1 aromatic carbocycles. The van der Waals surface area contributed by atoms with E-state index in [2.05, 4.69) is 10.6 Å². The minimum atomic E-state index is -3.65. The Labute approximate surface area is 180 Å². The first-order valence-corrected chi connectivity index (χ1v) is 12.2. The van der Waals surface area contributed by atoms with E-state index in [4.69, 9.17) is 4.74 Å². The molecule has 30 heavy (non-hydrogen) atoms. The largest absolute Gasteiger partial charge is 0.384 e. The van der Waals surface area contributed by atoms with Crippen LogP contribution in [0, 0.1) is 5.41 Å². The number of carbonyl (C=O) groups is 1. The third kappa shape index (κ3) is 3.79. The first-order valence-electron chi connectivity index (χ1n) is 10.8. The van der Waals surface area contributed by atoms with Crippen molar-refractivity contribution in [1.82, 2.24) is 9.62 Å². The summed E-state index contributed by atoms with van der Waals surface area (Å²) in [6.45, 7) is 10.9. The molecule has 2 heterocycles. The SMILES string of the molecule is CCN(CC)S(=O)(=O)c1ccc(C(=O)C(C)(C)COC)c2c1C1(CCNCC1)CN2.